The van der Waals surface area contributed by atoms with Gasteiger partial charge in [-0.25, -0.2) is 4.68 Å². The second-order valence-electron chi connectivity index (χ2n) is 8.05. The molecule has 0 saturated heterocycles. The number of hydrogen-bond acceptors (Lipinski definition) is 2. The fourth-order valence-corrected chi connectivity index (χ4v) is 3.64. The van der Waals surface area contributed by atoms with Crippen LogP contribution in [0.15, 0.2) is 73.1 Å². The van der Waals surface area contributed by atoms with Crippen molar-refractivity contribution in [2.45, 2.75) is 51.5 Å². The minimum atomic E-state index is 0.0186. The second kappa shape index (κ2) is 8.87. The summed E-state index contributed by atoms with van der Waals surface area (Å²) in [6, 6.07) is 20.6. The molecule has 146 valence electrons. The average molecular weight is 376 g/mol. The van der Waals surface area contributed by atoms with E-state index in [0.717, 1.165) is 17.7 Å². The standard InChI is InChI=1S/C24H29N3O/c1-19(16-24(2,3)21-10-6-4-7-11-21)26-23(28)15-14-20-17-25-27(18-20)22-12-8-5-9-13-22/h4-13,17-19H,14-16H2,1-3H3,(H,26,28). The van der Waals surface area contributed by atoms with Crippen molar-refractivity contribution < 1.29 is 4.79 Å². The van der Waals surface area contributed by atoms with E-state index >= 15 is 0 Å². The monoisotopic (exact) mass is 375 g/mol. The SMILES string of the molecule is CC(CC(C)(C)c1ccccc1)NC(=O)CCc1cnn(-c2ccccc2)c1. The van der Waals surface area contributed by atoms with Gasteiger partial charge in [-0.1, -0.05) is 62.4 Å². The lowest BCUT2D eigenvalue weighted by atomic mass is 9.79. The molecule has 4 nitrogen and oxygen atoms in total. The fourth-order valence-electron chi connectivity index (χ4n) is 3.64. The number of amides is 1. The minimum absolute atomic E-state index is 0.0186. The first-order chi connectivity index (χ1) is 13.4. The molecule has 0 saturated carbocycles. The summed E-state index contributed by atoms with van der Waals surface area (Å²) in [5, 5.41) is 7.54. The molecule has 2 aromatic carbocycles. The number of nitrogens with zero attached hydrogens (tertiary/aromatic N) is 2. The van der Waals surface area contributed by atoms with Crippen LogP contribution in [0.3, 0.4) is 0 Å². The second-order valence-corrected chi connectivity index (χ2v) is 8.05. The third-order valence-corrected chi connectivity index (χ3v) is 5.08. The van der Waals surface area contributed by atoms with E-state index in [1.54, 1.807) is 0 Å². The van der Waals surface area contributed by atoms with Crippen LogP contribution in [0.25, 0.3) is 5.69 Å². The zero-order valence-corrected chi connectivity index (χ0v) is 16.9. The van der Waals surface area contributed by atoms with Crippen LogP contribution < -0.4 is 5.32 Å². The van der Waals surface area contributed by atoms with Gasteiger partial charge in [0.1, 0.15) is 0 Å². The lowest BCUT2D eigenvalue weighted by Gasteiger charge is -2.29. The Morgan fingerprint density at radius 1 is 1.07 bits per heavy atom. The molecule has 3 rings (SSSR count). The lowest BCUT2D eigenvalue weighted by molar-refractivity contribution is -0.121. The number of para-hydroxylation sites is 1. The molecule has 1 atom stereocenters. The van der Waals surface area contributed by atoms with Gasteiger partial charge in [0.05, 0.1) is 11.9 Å². The zero-order chi connectivity index (χ0) is 20.0. The molecule has 1 unspecified atom stereocenters. The van der Waals surface area contributed by atoms with Crippen molar-refractivity contribution in [3.05, 3.63) is 84.2 Å². The quantitative estimate of drug-likeness (QED) is 0.621. The first-order valence-corrected chi connectivity index (χ1v) is 9.88. The number of carbonyl (C=O) groups excluding carboxylic acids is 1. The predicted molar refractivity (Wildman–Crippen MR) is 114 cm³/mol. The first-order valence-electron chi connectivity index (χ1n) is 9.88. The Morgan fingerprint density at radius 2 is 1.71 bits per heavy atom. The van der Waals surface area contributed by atoms with Crippen LogP contribution in [0, 0.1) is 0 Å². The summed E-state index contributed by atoms with van der Waals surface area (Å²) >= 11 is 0. The fraction of sp³-hybridized carbons (Fsp3) is 0.333. The van der Waals surface area contributed by atoms with Crippen LogP contribution in [-0.2, 0) is 16.6 Å². The Balaban J connectivity index is 1.48. The molecule has 0 aliphatic rings. The molecule has 1 aromatic heterocycles. The van der Waals surface area contributed by atoms with E-state index in [1.165, 1.54) is 5.56 Å². The number of benzene rings is 2. The van der Waals surface area contributed by atoms with Crippen molar-refractivity contribution in [2.75, 3.05) is 0 Å². The third kappa shape index (κ3) is 5.32. The molecule has 0 spiro atoms. The molecule has 4 heteroatoms. The maximum atomic E-state index is 12.4. The highest BCUT2D eigenvalue weighted by Crippen LogP contribution is 2.28. The van der Waals surface area contributed by atoms with E-state index in [0.29, 0.717) is 12.8 Å². The first kappa shape index (κ1) is 19.9. The van der Waals surface area contributed by atoms with Crippen LogP contribution in [0.4, 0.5) is 0 Å². The Bertz CT molecular complexity index is 884. The highest BCUT2D eigenvalue weighted by molar-refractivity contribution is 5.76. The number of aryl methyl sites for hydroxylation is 1. The number of rotatable bonds is 8. The normalized spacial score (nSPS) is 12.5. The van der Waals surface area contributed by atoms with Gasteiger partial charge in [-0.15, -0.1) is 0 Å². The van der Waals surface area contributed by atoms with Crippen molar-refractivity contribution in [1.29, 1.82) is 0 Å². The number of aromatic nitrogens is 2. The topological polar surface area (TPSA) is 46.9 Å². The van der Waals surface area contributed by atoms with Crippen molar-refractivity contribution in [2.24, 2.45) is 0 Å². The number of carbonyl (C=O) groups is 1. The Kier molecular flexibility index (Phi) is 6.30. The Morgan fingerprint density at radius 3 is 2.39 bits per heavy atom. The minimum Gasteiger partial charge on any atom is -0.354 e. The average Bonchev–Trinajstić information content (AvgIpc) is 3.16. The highest BCUT2D eigenvalue weighted by Gasteiger charge is 2.23. The lowest BCUT2D eigenvalue weighted by Crippen LogP contribution is -2.37. The van der Waals surface area contributed by atoms with Crippen molar-refractivity contribution in [3.8, 4) is 5.69 Å². The number of hydrogen-bond donors (Lipinski definition) is 1. The molecule has 0 aliphatic heterocycles. The van der Waals surface area contributed by atoms with Gasteiger partial charge in [0, 0.05) is 18.7 Å². The zero-order valence-electron chi connectivity index (χ0n) is 16.9. The molecule has 1 amide bonds. The third-order valence-electron chi connectivity index (χ3n) is 5.08. The molecule has 0 aliphatic carbocycles. The van der Waals surface area contributed by atoms with E-state index in [4.69, 9.17) is 0 Å². The largest absolute Gasteiger partial charge is 0.354 e. The number of nitrogens with one attached hydrogen (secondary N) is 1. The van der Waals surface area contributed by atoms with Crippen molar-refractivity contribution in [1.82, 2.24) is 15.1 Å². The van der Waals surface area contributed by atoms with E-state index in [1.807, 2.05) is 53.5 Å². The maximum absolute atomic E-state index is 12.4. The summed E-state index contributed by atoms with van der Waals surface area (Å²) < 4.78 is 1.85. The molecule has 3 aromatic rings. The molecule has 28 heavy (non-hydrogen) atoms. The predicted octanol–water partition coefficient (Wildman–Crippen LogP) is 4.68. The van der Waals surface area contributed by atoms with Gasteiger partial charge in [-0.2, -0.15) is 5.10 Å². The van der Waals surface area contributed by atoms with Gasteiger partial charge >= 0.3 is 0 Å². The van der Waals surface area contributed by atoms with Gasteiger partial charge < -0.3 is 5.32 Å². The van der Waals surface area contributed by atoms with Crippen LogP contribution in [0.2, 0.25) is 0 Å². The van der Waals surface area contributed by atoms with Crippen molar-refractivity contribution in [3.63, 3.8) is 0 Å². The molecule has 1 heterocycles. The summed E-state index contributed by atoms with van der Waals surface area (Å²) in [6.07, 6.45) is 5.88. The van der Waals surface area contributed by atoms with Crippen LogP contribution >= 0.6 is 0 Å². The summed E-state index contributed by atoms with van der Waals surface area (Å²) in [4.78, 5) is 12.4. The van der Waals surface area contributed by atoms with Crippen LogP contribution in [0.5, 0.6) is 0 Å². The Hall–Kier alpha value is -2.88. The Labute approximate surface area is 167 Å². The van der Waals surface area contributed by atoms with E-state index < -0.39 is 0 Å². The highest BCUT2D eigenvalue weighted by atomic mass is 16.1. The summed E-state index contributed by atoms with van der Waals surface area (Å²) in [7, 11) is 0. The van der Waals surface area contributed by atoms with E-state index in [9.17, 15) is 4.79 Å². The molecule has 1 N–H and O–H groups in total. The van der Waals surface area contributed by atoms with Gasteiger partial charge in [-0.05, 0) is 48.4 Å². The van der Waals surface area contributed by atoms with Gasteiger partial charge in [-0.3, -0.25) is 4.79 Å². The molecular formula is C24H29N3O. The molecule has 0 bridgehead atoms. The summed E-state index contributed by atoms with van der Waals surface area (Å²) in [5.74, 6) is 0.0869. The van der Waals surface area contributed by atoms with Crippen molar-refractivity contribution >= 4 is 5.91 Å². The molecule has 0 radical (unpaired) electrons. The van der Waals surface area contributed by atoms with Gasteiger partial charge in [0.15, 0.2) is 0 Å². The van der Waals surface area contributed by atoms with Crippen LogP contribution in [-0.4, -0.2) is 21.7 Å². The molecule has 0 fully saturated rings. The van der Waals surface area contributed by atoms with Gasteiger partial charge in [0.2, 0.25) is 5.91 Å². The maximum Gasteiger partial charge on any atom is 0.220 e. The summed E-state index contributed by atoms with van der Waals surface area (Å²) in [5.41, 5.74) is 3.40. The van der Waals surface area contributed by atoms with Crippen LogP contribution in [0.1, 0.15) is 44.7 Å². The van der Waals surface area contributed by atoms with E-state index in [-0.39, 0.29) is 17.4 Å². The summed E-state index contributed by atoms with van der Waals surface area (Å²) in [6.45, 7) is 6.53. The smallest absolute Gasteiger partial charge is 0.220 e. The van der Waals surface area contributed by atoms with Gasteiger partial charge in [0.25, 0.3) is 0 Å². The molecular weight excluding hydrogens is 346 g/mol. The van der Waals surface area contributed by atoms with E-state index in [2.05, 4.69) is 55.5 Å².